The lowest BCUT2D eigenvalue weighted by Gasteiger charge is -2.20. The fourth-order valence-electron chi connectivity index (χ4n) is 2.26. The van der Waals surface area contributed by atoms with Gasteiger partial charge in [0, 0.05) is 11.4 Å². The molecule has 7 heteroatoms. The predicted molar refractivity (Wildman–Crippen MR) is 91.5 cm³/mol. The van der Waals surface area contributed by atoms with E-state index in [2.05, 4.69) is 10.1 Å². The number of aromatic nitrogens is 3. The summed E-state index contributed by atoms with van der Waals surface area (Å²) < 4.78 is 21.6. The van der Waals surface area contributed by atoms with E-state index < -0.39 is 5.79 Å². The fraction of sp³-hybridized carbons (Fsp3) is 0.176. The molecule has 0 aliphatic heterocycles. The quantitative estimate of drug-likeness (QED) is 0.618. The Morgan fingerprint density at radius 1 is 1.17 bits per heavy atom. The minimum absolute atomic E-state index is 0.165. The molecule has 1 aromatic heterocycles. The molecule has 0 radical (unpaired) electrons. The Morgan fingerprint density at radius 2 is 1.92 bits per heavy atom. The van der Waals surface area contributed by atoms with Crippen LogP contribution in [0, 0.1) is 0 Å². The lowest BCUT2D eigenvalue weighted by atomic mass is 10.1. The van der Waals surface area contributed by atoms with Crippen molar-refractivity contribution in [1.29, 1.82) is 0 Å². The number of alkyl halides is 1. The molecule has 1 unspecified atom stereocenters. The third-order valence-corrected chi connectivity index (χ3v) is 4.00. The van der Waals surface area contributed by atoms with Gasteiger partial charge < -0.3 is 4.74 Å². The average molecular weight is 366 g/mol. The summed E-state index contributed by atoms with van der Waals surface area (Å²) in [4.78, 5) is 3.78. The second-order valence-electron chi connectivity index (χ2n) is 5.48. The van der Waals surface area contributed by atoms with Crippen LogP contribution in [-0.4, -0.2) is 14.8 Å². The van der Waals surface area contributed by atoms with Crippen molar-refractivity contribution in [2.75, 3.05) is 0 Å². The zero-order valence-corrected chi connectivity index (χ0v) is 14.3. The molecule has 0 aliphatic carbocycles. The first-order valence-electron chi connectivity index (χ1n) is 7.20. The van der Waals surface area contributed by atoms with E-state index in [0.29, 0.717) is 21.5 Å². The molecule has 124 valence electrons. The van der Waals surface area contributed by atoms with Gasteiger partial charge in [0.1, 0.15) is 24.2 Å². The predicted octanol–water partition coefficient (Wildman–Crippen LogP) is 5.26. The zero-order valence-electron chi connectivity index (χ0n) is 12.8. The van der Waals surface area contributed by atoms with Crippen LogP contribution in [0.15, 0.2) is 55.1 Å². The smallest absolute Gasteiger partial charge is 0.204 e. The van der Waals surface area contributed by atoms with Gasteiger partial charge in [-0.25, -0.2) is 14.1 Å². The van der Waals surface area contributed by atoms with Crippen molar-refractivity contribution in [3.63, 3.8) is 0 Å². The molecule has 0 N–H and O–H groups in total. The van der Waals surface area contributed by atoms with Crippen LogP contribution in [0.1, 0.15) is 12.5 Å². The van der Waals surface area contributed by atoms with Gasteiger partial charge in [-0.15, -0.1) is 0 Å². The van der Waals surface area contributed by atoms with Crippen LogP contribution in [0.5, 0.6) is 11.5 Å². The molecule has 0 bridgehead atoms. The van der Waals surface area contributed by atoms with Crippen LogP contribution in [0.4, 0.5) is 4.39 Å². The van der Waals surface area contributed by atoms with Crippen molar-refractivity contribution in [1.82, 2.24) is 14.8 Å². The van der Waals surface area contributed by atoms with E-state index in [-0.39, 0.29) is 6.42 Å². The standard InChI is InChI=1S/C17H14Cl2FN3O/c1-17(20,23-11-21-10-22-23)9-12-2-5-14(6-3-12)24-16-7-4-13(18)8-15(16)19/h2-8,10-11H,9H2,1H3. The highest BCUT2D eigenvalue weighted by molar-refractivity contribution is 6.35. The van der Waals surface area contributed by atoms with Crippen molar-refractivity contribution < 1.29 is 9.13 Å². The van der Waals surface area contributed by atoms with Gasteiger partial charge in [0.25, 0.3) is 0 Å². The molecule has 4 nitrogen and oxygen atoms in total. The van der Waals surface area contributed by atoms with Crippen LogP contribution in [-0.2, 0) is 12.2 Å². The first-order chi connectivity index (χ1) is 11.4. The van der Waals surface area contributed by atoms with Gasteiger partial charge in [-0.05, 0) is 42.8 Å². The largest absolute Gasteiger partial charge is 0.456 e. The molecule has 3 aromatic rings. The third-order valence-electron chi connectivity index (χ3n) is 3.47. The second kappa shape index (κ2) is 6.79. The zero-order chi connectivity index (χ0) is 17.2. The lowest BCUT2D eigenvalue weighted by Crippen LogP contribution is -2.27. The molecule has 0 saturated carbocycles. The molecule has 0 saturated heterocycles. The maximum absolute atomic E-state index is 14.7. The first-order valence-corrected chi connectivity index (χ1v) is 7.95. The molecule has 0 aliphatic rings. The Labute approximate surface area is 148 Å². The van der Waals surface area contributed by atoms with Gasteiger partial charge in [0.05, 0.1) is 5.02 Å². The Hall–Kier alpha value is -2.11. The Morgan fingerprint density at radius 3 is 2.54 bits per heavy atom. The molecule has 1 atom stereocenters. The normalized spacial score (nSPS) is 13.5. The Bertz CT molecular complexity index is 820. The van der Waals surface area contributed by atoms with Gasteiger partial charge in [-0.2, -0.15) is 5.10 Å². The molecular weight excluding hydrogens is 352 g/mol. The molecule has 2 aromatic carbocycles. The van der Waals surface area contributed by atoms with Crippen molar-refractivity contribution in [2.45, 2.75) is 19.1 Å². The summed E-state index contributed by atoms with van der Waals surface area (Å²) >= 11 is 11.9. The van der Waals surface area contributed by atoms with Crippen LogP contribution in [0.25, 0.3) is 0 Å². The van der Waals surface area contributed by atoms with Crippen molar-refractivity contribution in [3.05, 3.63) is 70.7 Å². The summed E-state index contributed by atoms with van der Waals surface area (Å²) in [6.07, 6.45) is 2.84. The van der Waals surface area contributed by atoms with E-state index in [9.17, 15) is 4.39 Å². The molecule has 0 amide bonds. The highest BCUT2D eigenvalue weighted by Crippen LogP contribution is 2.32. The van der Waals surface area contributed by atoms with E-state index in [4.69, 9.17) is 27.9 Å². The third kappa shape index (κ3) is 3.86. The summed E-state index contributed by atoms with van der Waals surface area (Å²) in [5.74, 6) is -0.547. The summed E-state index contributed by atoms with van der Waals surface area (Å²) in [7, 11) is 0. The molecule has 1 heterocycles. The average Bonchev–Trinajstić information content (AvgIpc) is 3.07. The monoisotopic (exact) mass is 365 g/mol. The summed E-state index contributed by atoms with van der Waals surface area (Å²) in [6, 6.07) is 12.1. The number of ether oxygens (including phenoxy) is 1. The fourth-order valence-corrected chi connectivity index (χ4v) is 2.71. The van der Waals surface area contributed by atoms with Crippen LogP contribution >= 0.6 is 23.2 Å². The number of rotatable bonds is 5. The number of hydrogen-bond donors (Lipinski definition) is 0. The van der Waals surface area contributed by atoms with Crippen LogP contribution < -0.4 is 4.74 Å². The van der Waals surface area contributed by atoms with Crippen molar-refractivity contribution in [3.8, 4) is 11.5 Å². The summed E-state index contributed by atoms with van der Waals surface area (Å²) in [6.45, 7) is 1.46. The minimum Gasteiger partial charge on any atom is -0.456 e. The molecule has 0 spiro atoms. The molecule has 0 fully saturated rings. The van der Waals surface area contributed by atoms with E-state index in [1.54, 1.807) is 42.5 Å². The van der Waals surface area contributed by atoms with Crippen molar-refractivity contribution >= 4 is 23.2 Å². The van der Waals surface area contributed by atoms with Gasteiger partial charge in [-0.1, -0.05) is 35.3 Å². The lowest BCUT2D eigenvalue weighted by molar-refractivity contribution is 0.0773. The highest BCUT2D eigenvalue weighted by Gasteiger charge is 2.26. The van der Waals surface area contributed by atoms with Gasteiger partial charge >= 0.3 is 0 Å². The topological polar surface area (TPSA) is 39.9 Å². The van der Waals surface area contributed by atoms with E-state index >= 15 is 0 Å². The highest BCUT2D eigenvalue weighted by atomic mass is 35.5. The molecular formula is C17H14Cl2FN3O. The van der Waals surface area contributed by atoms with E-state index in [1.165, 1.54) is 24.3 Å². The summed E-state index contributed by atoms with van der Waals surface area (Å²) in [5, 5.41) is 4.82. The van der Waals surface area contributed by atoms with Crippen molar-refractivity contribution in [2.24, 2.45) is 0 Å². The van der Waals surface area contributed by atoms with Gasteiger partial charge in [0.15, 0.2) is 0 Å². The Kier molecular flexibility index (Phi) is 4.73. The molecule has 24 heavy (non-hydrogen) atoms. The maximum atomic E-state index is 14.7. The van der Waals surface area contributed by atoms with Gasteiger partial charge in [0.2, 0.25) is 5.79 Å². The number of nitrogens with zero attached hydrogens (tertiary/aromatic N) is 3. The SMILES string of the molecule is CC(F)(Cc1ccc(Oc2ccc(Cl)cc2Cl)cc1)n1cncn1. The number of hydrogen-bond acceptors (Lipinski definition) is 3. The summed E-state index contributed by atoms with van der Waals surface area (Å²) in [5.41, 5.74) is 0.810. The maximum Gasteiger partial charge on any atom is 0.204 e. The molecule has 3 rings (SSSR count). The van der Waals surface area contributed by atoms with Crippen LogP contribution in [0.2, 0.25) is 10.0 Å². The van der Waals surface area contributed by atoms with Crippen LogP contribution in [0.3, 0.4) is 0 Å². The van der Waals surface area contributed by atoms with E-state index in [1.807, 2.05) is 0 Å². The van der Waals surface area contributed by atoms with E-state index in [0.717, 1.165) is 5.56 Å². The minimum atomic E-state index is -1.65. The number of halogens is 3. The Balaban J connectivity index is 1.71. The number of benzene rings is 2. The van der Waals surface area contributed by atoms with Gasteiger partial charge in [-0.3, -0.25) is 0 Å². The second-order valence-corrected chi connectivity index (χ2v) is 6.32. The first kappa shape index (κ1) is 16.7.